The van der Waals surface area contributed by atoms with E-state index in [1.807, 2.05) is 12.1 Å². The zero-order chi connectivity index (χ0) is 9.97. The molecule has 0 aromatic heterocycles. The first-order valence-electron chi connectivity index (χ1n) is 5.37. The van der Waals surface area contributed by atoms with Crippen molar-refractivity contribution in [1.82, 2.24) is 0 Å². The maximum atomic E-state index is 5.88. The van der Waals surface area contributed by atoms with E-state index in [0.717, 1.165) is 18.3 Å². The van der Waals surface area contributed by atoms with Crippen molar-refractivity contribution >= 4 is 21.2 Å². The first-order valence-corrected chi connectivity index (χ1v) is 5.37. The largest absolute Gasteiger partial charge is 0.113 e. The van der Waals surface area contributed by atoms with Gasteiger partial charge >= 0.3 is 0 Å². The van der Waals surface area contributed by atoms with Gasteiger partial charge in [0, 0.05) is 0 Å². The molecule has 2 rings (SSSR count). The molecule has 0 saturated heterocycles. The lowest BCUT2D eigenvalue weighted by Gasteiger charge is -2.26. The molecule has 0 nitrogen and oxygen atoms in total. The average Bonchev–Trinajstić information content (AvgIpc) is 2.21. The summed E-state index contributed by atoms with van der Waals surface area (Å²) in [6, 6.07) is 8.28. The lowest BCUT2D eigenvalue weighted by atomic mass is 9.70. The van der Waals surface area contributed by atoms with Gasteiger partial charge in [0.2, 0.25) is 0 Å². The van der Waals surface area contributed by atoms with E-state index in [9.17, 15) is 0 Å². The minimum Gasteiger partial charge on any atom is -0.0967 e. The van der Waals surface area contributed by atoms with Gasteiger partial charge in [-0.25, -0.2) is 0 Å². The van der Waals surface area contributed by atoms with Crippen LogP contribution in [0.5, 0.6) is 0 Å². The van der Waals surface area contributed by atoms with Crippen LogP contribution < -0.4 is 5.46 Å². The molecule has 1 aromatic carbocycles. The van der Waals surface area contributed by atoms with Gasteiger partial charge in [-0.3, -0.25) is 0 Å². The fraction of sp³-hybridized carbons (Fsp3) is 0.500. The van der Waals surface area contributed by atoms with Crippen molar-refractivity contribution in [2.24, 2.45) is 0 Å². The van der Waals surface area contributed by atoms with E-state index in [4.69, 9.17) is 15.7 Å². The minimum absolute atomic E-state index is 0.431. The van der Waals surface area contributed by atoms with Crippen molar-refractivity contribution in [2.45, 2.75) is 37.4 Å². The maximum absolute atomic E-state index is 5.88. The monoisotopic (exact) mass is 180 g/mol. The van der Waals surface area contributed by atoms with Crippen LogP contribution in [0, 0.1) is 0 Å². The first-order chi connectivity index (χ1) is 6.75. The van der Waals surface area contributed by atoms with Crippen LogP contribution in [0.15, 0.2) is 24.3 Å². The normalized spacial score (nSPS) is 27.4. The van der Waals surface area contributed by atoms with Crippen molar-refractivity contribution in [2.75, 3.05) is 0 Å². The third-order valence-electron chi connectivity index (χ3n) is 3.18. The molecule has 1 aliphatic rings. The summed E-state index contributed by atoms with van der Waals surface area (Å²) >= 11 is 0. The Morgan fingerprint density at radius 1 is 0.929 bits per heavy atom. The highest BCUT2D eigenvalue weighted by molar-refractivity contribution is 6.32. The quantitative estimate of drug-likeness (QED) is 0.580. The second-order valence-electron chi connectivity index (χ2n) is 4.28. The second kappa shape index (κ2) is 4.25. The van der Waals surface area contributed by atoms with Crippen molar-refractivity contribution < 1.29 is 0 Å². The predicted molar refractivity (Wildman–Crippen MR) is 62.5 cm³/mol. The summed E-state index contributed by atoms with van der Waals surface area (Å²) in [4.78, 5) is 0. The molecule has 0 bridgehead atoms. The molecule has 0 heterocycles. The van der Waals surface area contributed by atoms with Crippen LogP contribution in [-0.2, 0) is 0 Å². The van der Waals surface area contributed by atoms with Crippen LogP contribution in [0.1, 0.15) is 37.2 Å². The topological polar surface area (TPSA) is 0 Å². The molecule has 2 heteroatoms. The Morgan fingerprint density at radius 2 is 1.50 bits per heavy atom. The van der Waals surface area contributed by atoms with Crippen LogP contribution in [0.2, 0.25) is 5.82 Å². The molecule has 4 radical (unpaired) electrons. The third kappa shape index (κ3) is 2.23. The van der Waals surface area contributed by atoms with Gasteiger partial charge in [-0.05, 0) is 24.3 Å². The smallest absolute Gasteiger partial charge is 0.0967 e. The molecule has 0 atom stereocenters. The van der Waals surface area contributed by atoms with Crippen LogP contribution in [0.3, 0.4) is 0 Å². The molecule has 0 N–H and O–H groups in total. The molecule has 1 aromatic rings. The molecule has 0 amide bonds. The molecule has 1 fully saturated rings. The Labute approximate surface area is 88.9 Å². The van der Waals surface area contributed by atoms with Crippen LogP contribution in [-0.4, -0.2) is 15.7 Å². The second-order valence-corrected chi connectivity index (χ2v) is 4.28. The van der Waals surface area contributed by atoms with Gasteiger partial charge in [0.05, 0.1) is 7.85 Å². The Bertz CT molecular complexity index is 284. The zero-order valence-electron chi connectivity index (χ0n) is 8.45. The third-order valence-corrected chi connectivity index (χ3v) is 3.18. The summed E-state index contributed by atoms with van der Waals surface area (Å²) in [6.45, 7) is 0. The van der Waals surface area contributed by atoms with Crippen LogP contribution in [0.25, 0.3) is 0 Å². The highest BCUT2D eigenvalue weighted by Gasteiger charge is 2.18. The summed E-state index contributed by atoms with van der Waals surface area (Å²) in [5.41, 5.74) is 2.27. The van der Waals surface area contributed by atoms with Gasteiger partial charge in [0.25, 0.3) is 0 Å². The standard InChI is InChI=1S/C12H14B2/c13-11-5-1-9(2-6-11)10-3-7-12(14)8-4-10/h1-2,5-6,10,12H,3-4,7-8H2. The Balaban J connectivity index is 2.05. The summed E-state index contributed by atoms with van der Waals surface area (Å²) in [5, 5.41) is 0. The lowest BCUT2D eigenvalue weighted by Crippen LogP contribution is -2.10. The maximum Gasteiger partial charge on any atom is 0.113 e. The van der Waals surface area contributed by atoms with Gasteiger partial charge in [0.1, 0.15) is 7.85 Å². The summed E-state index contributed by atoms with van der Waals surface area (Å²) in [6.07, 6.45) is 4.78. The van der Waals surface area contributed by atoms with Gasteiger partial charge in [-0.15, -0.1) is 0 Å². The SMILES string of the molecule is [B]c1ccc(C2CCC([B])CC2)cc1. The van der Waals surface area contributed by atoms with E-state index >= 15 is 0 Å². The molecule has 1 aliphatic carbocycles. The Morgan fingerprint density at radius 3 is 2.07 bits per heavy atom. The van der Waals surface area contributed by atoms with E-state index in [2.05, 4.69) is 12.1 Å². The van der Waals surface area contributed by atoms with E-state index in [0.29, 0.717) is 11.7 Å². The lowest BCUT2D eigenvalue weighted by molar-refractivity contribution is 0.444. The van der Waals surface area contributed by atoms with E-state index < -0.39 is 0 Å². The highest BCUT2D eigenvalue weighted by atomic mass is 14.2. The number of rotatable bonds is 1. The molecular weight excluding hydrogens is 166 g/mol. The molecular formula is C12H14B2. The Hall–Kier alpha value is -0.650. The highest BCUT2D eigenvalue weighted by Crippen LogP contribution is 2.36. The van der Waals surface area contributed by atoms with Crippen molar-refractivity contribution in [3.8, 4) is 0 Å². The molecule has 0 unspecified atom stereocenters. The van der Waals surface area contributed by atoms with Gasteiger partial charge in [-0.2, -0.15) is 0 Å². The number of hydrogen-bond donors (Lipinski definition) is 0. The summed E-state index contributed by atoms with van der Waals surface area (Å²) in [7, 11) is 11.5. The van der Waals surface area contributed by atoms with E-state index in [1.54, 1.807) is 0 Å². The number of hydrogen-bond acceptors (Lipinski definition) is 0. The van der Waals surface area contributed by atoms with E-state index in [-0.39, 0.29) is 0 Å². The zero-order valence-corrected chi connectivity index (χ0v) is 8.45. The first kappa shape index (κ1) is 9.89. The fourth-order valence-electron chi connectivity index (χ4n) is 2.22. The molecule has 14 heavy (non-hydrogen) atoms. The van der Waals surface area contributed by atoms with Crippen molar-refractivity contribution in [3.05, 3.63) is 29.8 Å². The molecule has 68 valence electrons. The van der Waals surface area contributed by atoms with Crippen molar-refractivity contribution in [3.63, 3.8) is 0 Å². The van der Waals surface area contributed by atoms with Crippen LogP contribution >= 0.6 is 0 Å². The average molecular weight is 180 g/mol. The van der Waals surface area contributed by atoms with E-state index in [1.165, 1.54) is 18.4 Å². The fourth-order valence-corrected chi connectivity index (χ4v) is 2.22. The van der Waals surface area contributed by atoms with Gasteiger partial charge in [-0.1, -0.05) is 48.4 Å². The van der Waals surface area contributed by atoms with Crippen LogP contribution in [0.4, 0.5) is 0 Å². The molecule has 1 saturated carbocycles. The summed E-state index contributed by atoms with van der Waals surface area (Å²) in [5.74, 6) is 1.13. The van der Waals surface area contributed by atoms with Gasteiger partial charge in [0.15, 0.2) is 0 Å². The molecule has 0 spiro atoms. The van der Waals surface area contributed by atoms with Crippen molar-refractivity contribution in [1.29, 1.82) is 0 Å². The Kier molecular flexibility index (Phi) is 3.00. The van der Waals surface area contributed by atoms with Gasteiger partial charge < -0.3 is 0 Å². The summed E-state index contributed by atoms with van der Waals surface area (Å²) < 4.78 is 0. The molecule has 0 aliphatic heterocycles. The minimum atomic E-state index is 0.431. The number of benzene rings is 1. The predicted octanol–water partition coefficient (Wildman–Crippen LogP) is 2.09.